The molecule has 0 spiro atoms. The van der Waals surface area contributed by atoms with Crippen LogP contribution < -0.4 is 0 Å². The third kappa shape index (κ3) is 45.8. The van der Waals surface area contributed by atoms with E-state index in [9.17, 15) is 14.4 Å². The summed E-state index contributed by atoms with van der Waals surface area (Å²) in [6, 6.07) is 0. The van der Waals surface area contributed by atoms with Gasteiger partial charge in [-0.1, -0.05) is 190 Å². The molecule has 0 aliphatic carbocycles. The molecular formula is C53H90O6. The molecule has 0 heterocycles. The van der Waals surface area contributed by atoms with E-state index >= 15 is 0 Å². The van der Waals surface area contributed by atoms with Crippen molar-refractivity contribution < 1.29 is 28.6 Å². The minimum Gasteiger partial charge on any atom is -0.462 e. The normalized spacial score (nSPS) is 12.7. The second kappa shape index (κ2) is 47.5. The standard InChI is InChI=1S/C53H90O6/c1-4-7-10-13-16-19-22-25-28-31-34-37-40-43-46-52(55)58-49-50(48-57-51(54)45-42-39-36-33-30-27-24-21-18-15-12-9-6-3)59-53(56)47-44-41-38-35-32-29-26-23-20-17-14-11-8-5-2/h9,12,15,18,21,24,27-32,50H,4-8,10-11,13-14,16-17,19-20,22-23,25-26,33-49H2,1-3H3/b12-9+,18-15+,24-21+,30-27+,31-28+,32-29+. The number of carbonyl (C=O) groups excluding carboxylic acids is 3. The molecule has 0 aromatic heterocycles. The van der Waals surface area contributed by atoms with Crippen LogP contribution in [0.2, 0.25) is 0 Å². The number of ether oxygens (including phenoxy) is 3. The van der Waals surface area contributed by atoms with Gasteiger partial charge in [-0.25, -0.2) is 0 Å². The van der Waals surface area contributed by atoms with Crippen molar-refractivity contribution in [3.8, 4) is 0 Å². The quantitative estimate of drug-likeness (QED) is 0.0200. The zero-order chi connectivity index (χ0) is 43.0. The van der Waals surface area contributed by atoms with E-state index in [0.717, 1.165) is 96.3 Å². The minimum absolute atomic E-state index is 0.102. The third-order valence-electron chi connectivity index (χ3n) is 10.3. The summed E-state index contributed by atoms with van der Waals surface area (Å²) in [4.78, 5) is 37.8. The average molecular weight is 823 g/mol. The van der Waals surface area contributed by atoms with E-state index in [4.69, 9.17) is 14.2 Å². The lowest BCUT2D eigenvalue weighted by Crippen LogP contribution is -2.30. The fourth-order valence-electron chi connectivity index (χ4n) is 6.56. The van der Waals surface area contributed by atoms with Crippen LogP contribution in [0.5, 0.6) is 0 Å². The van der Waals surface area contributed by atoms with Crippen molar-refractivity contribution in [1.82, 2.24) is 0 Å². The van der Waals surface area contributed by atoms with E-state index in [1.165, 1.54) is 89.9 Å². The lowest BCUT2D eigenvalue weighted by Gasteiger charge is -2.18. The van der Waals surface area contributed by atoms with Crippen molar-refractivity contribution in [1.29, 1.82) is 0 Å². The van der Waals surface area contributed by atoms with Crippen LogP contribution in [-0.2, 0) is 28.6 Å². The first-order valence-electron chi connectivity index (χ1n) is 24.5. The van der Waals surface area contributed by atoms with Gasteiger partial charge in [0, 0.05) is 19.3 Å². The van der Waals surface area contributed by atoms with E-state index < -0.39 is 6.10 Å². The van der Waals surface area contributed by atoms with Crippen molar-refractivity contribution in [3.05, 3.63) is 72.9 Å². The summed E-state index contributed by atoms with van der Waals surface area (Å²) in [5.74, 6) is -0.975. The number of allylic oxidation sites excluding steroid dienone is 12. The minimum atomic E-state index is -0.804. The molecule has 1 unspecified atom stereocenters. The number of hydrogen-bond acceptors (Lipinski definition) is 6. The van der Waals surface area contributed by atoms with E-state index in [1.54, 1.807) is 0 Å². The van der Waals surface area contributed by atoms with Gasteiger partial charge in [-0.3, -0.25) is 14.4 Å². The van der Waals surface area contributed by atoms with Crippen LogP contribution >= 0.6 is 0 Å². The van der Waals surface area contributed by atoms with Gasteiger partial charge in [0.15, 0.2) is 6.10 Å². The second-order valence-corrected chi connectivity index (χ2v) is 16.1. The topological polar surface area (TPSA) is 78.9 Å². The maximum absolute atomic E-state index is 12.8. The molecule has 0 bridgehead atoms. The monoisotopic (exact) mass is 823 g/mol. The SMILES string of the molecule is CC/C=C/C=C/C=C/C=C/CCCCCC(=O)OCC(COC(=O)CCCCC/C=C/CCCCCCCCC)OC(=O)CCCCC/C=C/CCCCCCCCC. The van der Waals surface area contributed by atoms with Crippen LogP contribution in [0.1, 0.15) is 226 Å². The Morgan fingerprint density at radius 2 is 0.678 bits per heavy atom. The smallest absolute Gasteiger partial charge is 0.306 e. The van der Waals surface area contributed by atoms with Crippen molar-refractivity contribution in [2.24, 2.45) is 0 Å². The molecule has 0 saturated heterocycles. The van der Waals surface area contributed by atoms with Gasteiger partial charge in [0.05, 0.1) is 0 Å². The van der Waals surface area contributed by atoms with E-state index in [-0.39, 0.29) is 31.1 Å². The second-order valence-electron chi connectivity index (χ2n) is 16.1. The van der Waals surface area contributed by atoms with Crippen molar-refractivity contribution >= 4 is 17.9 Å². The van der Waals surface area contributed by atoms with Gasteiger partial charge in [-0.2, -0.15) is 0 Å². The fraction of sp³-hybridized carbons (Fsp3) is 0.717. The van der Waals surface area contributed by atoms with Crippen molar-refractivity contribution in [2.75, 3.05) is 13.2 Å². The molecule has 0 aromatic carbocycles. The molecule has 6 nitrogen and oxygen atoms in total. The summed E-state index contributed by atoms with van der Waals surface area (Å²) >= 11 is 0. The molecule has 0 N–H and O–H groups in total. The van der Waals surface area contributed by atoms with E-state index in [1.807, 2.05) is 36.5 Å². The molecule has 6 heteroatoms. The van der Waals surface area contributed by atoms with Crippen LogP contribution in [0.4, 0.5) is 0 Å². The van der Waals surface area contributed by atoms with Crippen LogP contribution in [0.3, 0.4) is 0 Å². The molecule has 0 aliphatic rings. The Bertz CT molecular complexity index is 1130. The maximum Gasteiger partial charge on any atom is 0.306 e. The lowest BCUT2D eigenvalue weighted by molar-refractivity contribution is -0.167. The Morgan fingerprint density at radius 1 is 0.356 bits per heavy atom. The predicted octanol–water partition coefficient (Wildman–Crippen LogP) is 15.9. The summed E-state index contributed by atoms with van der Waals surface area (Å²) < 4.78 is 16.7. The summed E-state index contributed by atoms with van der Waals surface area (Å²) in [5.41, 5.74) is 0. The molecule has 0 rings (SSSR count). The van der Waals surface area contributed by atoms with Gasteiger partial charge in [-0.15, -0.1) is 0 Å². The Morgan fingerprint density at radius 3 is 1.08 bits per heavy atom. The summed E-state index contributed by atoms with van der Waals surface area (Å²) in [6.45, 7) is 6.42. The van der Waals surface area contributed by atoms with Gasteiger partial charge < -0.3 is 14.2 Å². The Balaban J connectivity index is 4.49. The largest absolute Gasteiger partial charge is 0.462 e. The molecule has 0 aromatic rings. The van der Waals surface area contributed by atoms with Crippen LogP contribution in [0, 0.1) is 0 Å². The van der Waals surface area contributed by atoms with Gasteiger partial charge in [0.1, 0.15) is 13.2 Å². The van der Waals surface area contributed by atoms with Gasteiger partial charge in [0.2, 0.25) is 0 Å². The van der Waals surface area contributed by atoms with Crippen molar-refractivity contribution in [3.63, 3.8) is 0 Å². The average Bonchev–Trinajstić information content (AvgIpc) is 3.23. The highest BCUT2D eigenvalue weighted by Crippen LogP contribution is 2.13. The molecule has 0 fully saturated rings. The number of unbranched alkanes of at least 4 members (excludes halogenated alkanes) is 23. The van der Waals surface area contributed by atoms with Crippen LogP contribution in [0.15, 0.2) is 72.9 Å². The molecule has 1 atom stereocenters. The number of rotatable bonds is 43. The van der Waals surface area contributed by atoms with Gasteiger partial charge in [0.25, 0.3) is 0 Å². The van der Waals surface area contributed by atoms with Crippen molar-refractivity contribution in [2.45, 2.75) is 232 Å². The summed E-state index contributed by atoms with van der Waals surface area (Å²) in [5, 5.41) is 0. The highest BCUT2D eigenvalue weighted by molar-refractivity contribution is 5.71. The number of hydrogen-bond donors (Lipinski definition) is 0. The molecule has 59 heavy (non-hydrogen) atoms. The van der Waals surface area contributed by atoms with Gasteiger partial charge in [-0.05, 0) is 89.9 Å². The van der Waals surface area contributed by atoms with E-state index in [2.05, 4.69) is 57.2 Å². The first-order valence-corrected chi connectivity index (χ1v) is 24.5. The Labute approximate surface area is 363 Å². The fourth-order valence-corrected chi connectivity index (χ4v) is 6.56. The molecule has 0 saturated carbocycles. The first-order chi connectivity index (χ1) is 29.0. The molecule has 338 valence electrons. The first kappa shape index (κ1) is 55.9. The molecule has 0 aliphatic heterocycles. The predicted molar refractivity (Wildman–Crippen MR) is 251 cm³/mol. The molecular weight excluding hydrogens is 733 g/mol. The Kier molecular flexibility index (Phi) is 45.0. The third-order valence-corrected chi connectivity index (χ3v) is 10.3. The highest BCUT2D eigenvalue weighted by atomic mass is 16.6. The highest BCUT2D eigenvalue weighted by Gasteiger charge is 2.19. The van der Waals surface area contributed by atoms with Crippen LogP contribution in [0.25, 0.3) is 0 Å². The Hall–Kier alpha value is -3.15. The molecule has 0 radical (unpaired) electrons. The number of carbonyl (C=O) groups is 3. The summed E-state index contributed by atoms with van der Waals surface area (Å²) in [6.07, 6.45) is 58.9. The zero-order valence-electron chi connectivity index (χ0n) is 38.5. The molecule has 0 amide bonds. The lowest BCUT2D eigenvalue weighted by atomic mass is 10.1. The zero-order valence-corrected chi connectivity index (χ0v) is 38.5. The van der Waals surface area contributed by atoms with Gasteiger partial charge >= 0.3 is 17.9 Å². The number of esters is 3. The van der Waals surface area contributed by atoms with Crippen LogP contribution in [-0.4, -0.2) is 37.2 Å². The summed E-state index contributed by atoms with van der Waals surface area (Å²) in [7, 11) is 0. The maximum atomic E-state index is 12.8. The van der Waals surface area contributed by atoms with E-state index in [0.29, 0.717) is 19.3 Å².